The Balaban J connectivity index is 1.69. The van der Waals surface area contributed by atoms with Gasteiger partial charge in [-0.25, -0.2) is 0 Å². The van der Waals surface area contributed by atoms with E-state index < -0.39 is 0 Å². The summed E-state index contributed by atoms with van der Waals surface area (Å²) in [4.78, 5) is 14.6. The molecule has 0 unspecified atom stereocenters. The predicted octanol–water partition coefficient (Wildman–Crippen LogP) is 3.48. The summed E-state index contributed by atoms with van der Waals surface area (Å²) in [5.41, 5.74) is 1.75. The van der Waals surface area contributed by atoms with Crippen LogP contribution in [0.15, 0.2) is 40.9 Å². The van der Waals surface area contributed by atoms with E-state index in [-0.39, 0.29) is 5.91 Å². The third-order valence-corrected chi connectivity index (χ3v) is 4.84. The molecule has 1 fully saturated rings. The minimum absolute atomic E-state index is 0.0499. The topological polar surface area (TPSA) is 55.6 Å². The number of carbonyl (C=O) groups is 1. The van der Waals surface area contributed by atoms with Crippen LogP contribution in [0.5, 0.6) is 0 Å². The Bertz CT molecular complexity index is 668. The first-order valence-corrected chi connectivity index (χ1v) is 8.51. The molecule has 128 valence electrons. The van der Waals surface area contributed by atoms with Crippen molar-refractivity contribution in [3.05, 3.63) is 53.4 Å². The van der Waals surface area contributed by atoms with Gasteiger partial charge in [-0.05, 0) is 23.8 Å². The number of hydrogen-bond donors (Lipinski definition) is 0. The summed E-state index contributed by atoms with van der Waals surface area (Å²) in [7, 11) is 1.59. The fourth-order valence-corrected chi connectivity index (χ4v) is 3.56. The molecule has 2 aromatic rings. The molecule has 0 spiro atoms. The molecule has 5 heteroatoms. The van der Waals surface area contributed by atoms with Crippen LogP contribution in [-0.4, -0.2) is 36.2 Å². The lowest BCUT2D eigenvalue weighted by atomic mass is 9.79. The summed E-state index contributed by atoms with van der Waals surface area (Å²) in [6, 6.07) is 12.3. The maximum absolute atomic E-state index is 12.7. The molecule has 2 atom stereocenters. The predicted molar refractivity (Wildman–Crippen MR) is 90.7 cm³/mol. The van der Waals surface area contributed by atoms with Gasteiger partial charge in [0.05, 0.1) is 0 Å². The van der Waals surface area contributed by atoms with Gasteiger partial charge in [0.1, 0.15) is 6.61 Å². The monoisotopic (exact) mass is 328 g/mol. The van der Waals surface area contributed by atoms with Crippen molar-refractivity contribution < 1.29 is 14.1 Å². The number of likely N-dealkylation sites (tertiary alicyclic amines) is 1. The lowest BCUT2D eigenvalue weighted by molar-refractivity contribution is 0.0634. The smallest absolute Gasteiger partial charge is 0.276 e. The third kappa shape index (κ3) is 3.51. The molecule has 0 N–H and O–H groups in total. The van der Waals surface area contributed by atoms with Crippen LogP contribution in [0.25, 0.3) is 0 Å². The molecule has 3 rings (SSSR count). The Morgan fingerprint density at radius 3 is 2.88 bits per heavy atom. The van der Waals surface area contributed by atoms with Gasteiger partial charge >= 0.3 is 0 Å². The van der Waals surface area contributed by atoms with Crippen molar-refractivity contribution in [1.29, 1.82) is 0 Å². The summed E-state index contributed by atoms with van der Waals surface area (Å²) in [5, 5.41) is 3.89. The lowest BCUT2D eigenvalue weighted by Gasteiger charge is -2.38. The number of methoxy groups -OCH3 is 1. The largest absolute Gasteiger partial charge is 0.377 e. The average molecular weight is 328 g/mol. The minimum Gasteiger partial charge on any atom is -0.377 e. The Morgan fingerprint density at radius 2 is 2.17 bits per heavy atom. The Kier molecular flexibility index (Phi) is 5.30. The molecular weight excluding hydrogens is 304 g/mol. The molecule has 1 aromatic carbocycles. The second-order valence-electron chi connectivity index (χ2n) is 6.34. The average Bonchev–Trinajstić information content (AvgIpc) is 3.10. The van der Waals surface area contributed by atoms with Crippen molar-refractivity contribution in [2.24, 2.45) is 5.92 Å². The second-order valence-corrected chi connectivity index (χ2v) is 6.34. The van der Waals surface area contributed by atoms with E-state index in [1.54, 1.807) is 13.2 Å². The van der Waals surface area contributed by atoms with Gasteiger partial charge in [0, 0.05) is 26.3 Å². The van der Waals surface area contributed by atoms with E-state index in [1.165, 1.54) is 5.56 Å². The standard InChI is InChI=1S/C19H24N2O3/c1-3-14-12-21(10-9-17(14)15-7-5-4-6-8-15)19(22)18-11-16(13-23-2)24-20-18/h4-8,11,14,17H,3,9-10,12-13H2,1-2H3/t14-,17-/m1/s1. The molecule has 1 aliphatic heterocycles. The van der Waals surface area contributed by atoms with Crippen molar-refractivity contribution in [2.75, 3.05) is 20.2 Å². The molecule has 1 amide bonds. The molecule has 0 bridgehead atoms. The van der Waals surface area contributed by atoms with E-state index in [4.69, 9.17) is 9.26 Å². The van der Waals surface area contributed by atoms with Crippen molar-refractivity contribution in [3.63, 3.8) is 0 Å². The number of ether oxygens (including phenoxy) is 1. The van der Waals surface area contributed by atoms with E-state index in [0.29, 0.717) is 29.9 Å². The van der Waals surface area contributed by atoms with E-state index in [9.17, 15) is 4.79 Å². The number of nitrogens with zero attached hydrogens (tertiary/aromatic N) is 2. The van der Waals surface area contributed by atoms with E-state index in [2.05, 4.69) is 36.3 Å². The third-order valence-electron chi connectivity index (χ3n) is 4.84. The van der Waals surface area contributed by atoms with Crippen molar-refractivity contribution >= 4 is 5.91 Å². The van der Waals surface area contributed by atoms with Gasteiger partial charge < -0.3 is 14.2 Å². The minimum atomic E-state index is -0.0499. The highest BCUT2D eigenvalue weighted by Gasteiger charge is 2.32. The van der Waals surface area contributed by atoms with Gasteiger partial charge in [-0.1, -0.05) is 48.8 Å². The first-order chi connectivity index (χ1) is 11.7. The zero-order chi connectivity index (χ0) is 16.9. The van der Waals surface area contributed by atoms with Crippen molar-refractivity contribution in [2.45, 2.75) is 32.3 Å². The van der Waals surface area contributed by atoms with Gasteiger partial charge in [-0.15, -0.1) is 0 Å². The molecule has 1 aromatic heterocycles. The van der Waals surface area contributed by atoms with Crippen LogP contribution >= 0.6 is 0 Å². The second kappa shape index (κ2) is 7.62. The molecule has 0 saturated carbocycles. The van der Waals surface area contributed by atoms with E-state index >= 15 is 0 Å². The van der Waals surface area contributed by atoms with Gasteiger partial charge in [0.25, 0.3) is 5.91 Å². The molecule has 1 aliphatic rings. The maximum atomic E-state index is 12.7. The van der Waals surface area contributed by atoms with Gasteiger partial charge in [0.15, 0.2) is 11.5 Å². The van der Waals surface area contributed by atoms with Crippen LogP contribution < -0.4 is 0 Å². The Labute approximate surface area is 142 Å². The van der Waals surface area contributed by atoms with Crippen LogP contribution in [0.3, 0.4) is 0 Å². The normalized spacial score (nSPS) is 21.0. The van der Waals surface area contributed by atoms with Crippen molar-refractivity contribution in [3.8, 4) is 0 Å². The zero-order valence-corrected chi connectivity index (χ0v) is 14.3. The fraction of sp³-hybridized carbons (Fsp3) is 0.474. The first-order valence-electron chi connectivity index (χ1n) is 8.51. The van der Waals surface area contributed by atoms with Gasteiger partial charge in [-0.2, -0.15) is 0 Å². The Morgan fingerprint density at radius 1 is 1.38 bits per heavy atom. The highest BCUT2D eigenvalue weighted by Crippen LogP contribution is 2.35. The SMILES string of the molecule is CC[C@@H]1CN(C(=O)c2cc(COC)on2)CC[C@H]1c1ccccc1. The number of aromatic nitrogens is 1. The van der Waals surface area contributed by atoms with E-state index in [0.717, 1.165) is 25.9 Å². The van der Waals surface area contributed by atoms with Crippen LogP contribution in [0.4, 0.5) is 0 Å². The van der Waals surface area contributed by atoms with Crippen LogP contribution in [0.1, 0.15) is 47.5 Å². The summed E-state index contributed by atoms with van der Waals surface area (Å²) in [6.45, 7) is 4.04. The number of rotatable bonds is 5. The fourth-order valence-electron chi connectivity index (χ4n) is 3.56. The molecule has 24 heavy (non-hydrogen) atoms. The highest BCUT2D eigenvalue weighted by atomic mass is 16.5. The number of amides is 1. The number of hydrogen-bond acceptors (Lipinski definition) is 4. The van der Waals surface area contributed by atoms with Crippen molar-refractivity contribution in [1.82, 2.24) is 10.1 Å². The molecule has 1 saturated heterocycles. The summed E-state index contributed by atoms with van der Waals surface area (Å²) < 4.78 is 10.1. The van der Waals surface area contributed by atoms with E-state index in [1.807, 2.05) is 11.0 Å². The summed E-state index contributed by atoms with van der Waals surface area (Å²) in [5.74, 6) is 1.51. The molecule has 0 radical (unpaired) electrons. The van der Waals surface area contributed by atoms with Gasteiger partial charge in [0.2, 0.25) is 0 Å². The van der Waals surface area contributed by atoms with Crippen LogP contribution in [-0.2, 0) is 11.3 Å². The first kappa shape index (κ1) is 16.7. The number of carbonyl (C=O) groups excluding carboxylic acids is 1. The maximum Gasteiger partial charge on any atom is 0.276 e. The molecule has 2 heterocycles. The Hall–Kier alpha value is -2.14. The zero-order valence-electron chi connectivity index (χ0n) is 14.3. The number of piperidine rings is 1. The number of benzene rings is 1. The highest BCUT2D eigenvalue weighted by molar-refractivity contribution is 5.92. The molecule has 5 nitrogen and oxygen atoms in total. The van der Waals surface area contributed by atoms with Crippen LogP contribution in [0.2, 0.25) is 0 Å². The quantitative estimate of drug-likeness (QED) is 0.843. The summed E-state index contributed by atoms with van der Waals surface area (Å²) >= 11 is 0. The molecular formula is C19H24N2O3. The van der Waals surface area contributed by atoms with Crippen LogP contribution in [0, 0.1) is 5.92 Å². The molecule has 0 aliphatic carbocycles. The summed E-state index contributed by atoms with van der Waals surface area (Å²) in [6.07, 6.45) is 2.04. The lowest BCUT2D eigenvalue weighted by Crippen LogP contribution is -2.43. The van der Waals surface area contributed by atoms with Gasteiger partial charge in [-0.3, -0.25) is 4.79 Å².